The molecule has 0 spiro atoms. The average Bonchev–Trinajstić information content (AvgIpc) is 2.42. The van der Waals surface area contributed by atoms with Crippen LogP contribution in [0.15, 0.2) is 30.3 Å². The third-order valence-electron chi connectivity index (χ3n) is 3.11. The zero-order chi connectivity index (χ0) is 12.7. The van der Waals surface area contributed by atoms with Crippen LogP contribution >= 0.6 is 0 Å². The first-order valence-corrected chi connectivity index (χ1v) is 5.72. The van der Waals surface area contributed by atoms with Gasteiger partial charge >= 0.3 is 0 Å². The van der Waals surface area contributed by atoms with Crippen LogP contribution in [0.3, 0.4) is 0 Å². The van der Waals surface area contributed by atoms with Crippen LogP contribution in [0.2, 0.25) is 0 Å². The van der Waals surface area contributed by atoms with Gasteiger partial charge in [0.15, 0.2) is 5.66 Å². The second-order valence-corrected chi connectivity index (χ2v) is 3.97. The van der Waals surface area contributed by atoms with Gasteiger partial charge in [-0.05, 0) is 26.7 Å². The van der Waals surface area contributed by atoms with Crippen molar-refractivity contribution in [2.75, 3.05) is 21.1 Å². The molecule has 0 amide bonds. The van der Waals surface area contributed by atoms with E-state index in [0.717, 1.165) is 0 Å². The molecule has 0 heterocycles. The zero-order valence-corrected chi connectivity index (χ0v) is 10.6. The molecule has 0 saturated carbocycles. The van der Waals surface area contributed by atoms with Crippen molar-refractivity contribution in [3.8, 4) is 6.07 Å². The average molecular weight is 232 g/mol. The lowest BCUT2D eigenvalue weighted by Gasteiger charge is -2.30. The fraction of sp³-hybridized carbons (Fsp3) is 0.462. The highest BCUT2D eigenvalue weighted by molar-refractivity contribution is 5.21. The Morgan fingerprint density at radius 1 is 1.18 bits per heavy atom. The van der Waals surface area contributed by atoms with Crippen LogP contribution in [0, 0.1) is 11.3 Å². The standard InChI is InChI=1S/C13H20N4/c1-15-12(11-7-5-4-6-8-11)9-13(10-14,16-2)17-3/h4-8,12,15-17H,9H2,1-3H3. The Hall–Kier alpha value is -1.41. The number of hydrogen-bond donors (Lipinski definition) is 3. The van der Waals surface area contributed by atoms with E-state index in [1.807, 2.05) is 25.2 Å². The van der Waals surface area contributed by atoms with E-state index in [2.05, 4.69) is 34.2 Å². The topological polar surface area (TPSA) is 59.9 Å². The van der Waals surface area contributed by atoms with Crippen LogP contribution < -0.4 is 16.0 Å². The van der Waals surface area contributed by atoms with Gasteiger partial charge in [0.05, 0.1) is 0 Å². The van der Waals surface area contributed by atoms with Crippen molar-refractivity contribution in [3.63, 3.8) is 0 Å². The van der Waals surface area contributed by atoms with E-state index in [1.54, 1.807) is 14.1 Å². The second-order valence-electron chi connectivity index (χ2n) is 3.97. The molecule has 0 bridgehead atoms. The molecule has 0 aliphatic carbocycles. The summed E-state index contributed by atoms with van der Waals surface area (Å²) in [5.41, 5.74) is 0.476. The van der Waals surface area contributed by atoms with Gasteiger partial charge in [-0.3, -0.25) is 10.6 Å². The van der Waals surface area contributed by atoms with E-state index in [-0.39, 0.29) is 6.04 Å². The summed E-state index contributed by atoms with van der Waals surface area (Å²) in [4.78, 5) is 0. The first-order chi connectivity index (χ1) is 8.21. The Labute approximate surface area is 103 Å². The minimum absolute atomic E-state index is 0.135. The molecule has 0 aliphatic heterocycles. The van der Waals surface area contributed by atoms with Crippen LogP contribution in [-0.4, -0.2) is 26.8 Å². The van der Waals surface area contributed by atoms with E-state index in [1.165, 1.54) is 5.56 Å². The molecule has 3 N–H and O–H groups in total. The number of hydrogen-bond acceptors (Lipinski definition) is 4. The molecule has 1 aromatic carbocycles. The minimum Gasteiger partial charge on any atom is -0.313 e. The lowest BCUT2D eigenvalue weighted by Crippen LogP contribution is -2.54. The summed E-state index contributed by atoms with van der Waals surface area (Å²) in [5.74, 6) is 0. The van der Waals surface area contributed by atoms with E-state index in [9.17, 15) is 5.26 Å². The highest BCUT2D eigenvalue weighted by Crippen LogP contribution is 2.21. The van der Waals surface area contributed by atoms with Crippen molar-refractivity contribution in [3.05, 3.63) is 35.9 Å². The van der Waals surface area contributed by atoms with Gasteiger partial charge in [0.25, 0.3) is 0 Å². The van der Waals surface area contributed by atoms with Gasteiger partial charge in [-0.1, -0.05) is 30.3 Å². The second kappa shape index (κ2) is 6.36. The monoisotopic (exact) mass is 232 g/mol. The third-order valence-corrected chi connectivity index (χ3v) is 3.11. The van der Waals surface area contributed by atoms with E-state index in [4.69, 9.17) is 0 Å². The van der Waals surface area contributed by atoms with Crippen LogP contribution in [0.4, 0.5) is 0 Å². The first-order valence-electron chi connectivity index (χ1n) is 5.72. The molecule has 0 aromatic heterocycles. The molecule has 0 aliphatic rings. The van der Waals surface area contributed by atoms with Gasteiger partial charge in [0, 0.05) is 12.5 Å². The van der Waals surface area contributed by atoms with Gasteiger partial charge in [0.2, 0.25) is 0 Å². The highest BCUT2D eigenvalue weighted by Gasteiger charge is 2.29. The number of rotatable bonds is 6. The molecule has 4 heteroatoms. The summed E-state index contributed by atoms with van der Waals surface area (Å²) in [6, 6.07) is 12.6. The van der Waals surface area contributed by atoms with E-state index >= 15 is 0 Å². The molecular formula is C13H20N4. The summed E-state index contributed by atoms with van der Waals surface area (Å²) in [6.07, 6.45) is 0.650. The zero-order valence-electron chi connectivity index (χ0n) is 10.6. The Bertz CT molecular complexity index is 365. The Kier molecular flexibility index (Phi) is 5.11. The van der Waals surface area contributed by atoms with Crippen LogP contribution in [0.25, 0.3) is 0 Å². The van der Waals surface area contributed by atoms with Gasteiger partial charge in [0.1, 0.15) is 6.07 Å². The molecule has 0 fully saturated rings. The van der Waals surface area contributed by atoms with E-state index < -0.39 is 5.66 Å². The SMILES string of the molecule is CNC(CC(C#N)(NC)NC)c1ccccc1. The molecule has 4 nitrogen and oxygen atoms in total. The number of nitrogens with zero attached hydrogens (tertiary/aromatic N) is 1. The van der Waals surface area contributed by atoms with Crippen molar-refractivity contribution < 1.29 is 0 Å². The van der Waals surface area contributed by atoms with Crippen molar-refractivity contribution in [1.82, 2.24) is 16.0 Å². The van der Waals surface area contributed by atoms with Crippen LogP contribution in [0.1, 0.15) is 18.0 Å². The normalized spacial score (nSPS) is 13.1. The quantitative estimate of drug-likeness (QED) is 0.640. The van der Waals surface area contributed by atoms with Crippen molar-refractivity contribution >= 4 is 0 Å². The fourth-order valence-electron chi connectivity index (χ4n) is 1.86. The summed E-state index contributed by atoms with van der Waals surface area (Å²) in [5, 5.41) is 18.6. The molecule has 92 valence electrons. The van der Waals surface area contributed by atoms with Crippen molar-refractivity contribution in [1.29, 1.82) is 5.26 Å². The smallest absolute Gasteiger partial charge is 0.160 e. The van der Waals surface area contributed by atoms with Gasteiger partial charge in [-0.25, -0.2) is 0 Å². The summed E-state index contributed by atoms with van der Waals surface area (Å²) < 4.78 is 0. The third kappa shape index (κ3) is 3.27. The van der Waals surface area contributed by atoms with E-state index in [0.29, 0.717) is 6.42 Å². The Morgan fingerprint density at radius 3 is 2.18 bits per heavy atom. The van der Waals surface area contributed by atoms with Crippen molar-refractivity contribution in [2.45, 2.75) is 18.1 Å². The van der Waals surface area contributed by atoms with Crippen LogP contribution in [0.5, 0.6) is 0 Å². The predicted molar refractivity (Wildman–Crippen MR) is 69.3 cm³/mol. The minimum atomic E-state index is -0.705. The highest BCUT2D eigenvalue weighted by atomic mass is 15.2. The molecule has 17 heavy (non-hydrogen) atoms. The number of benzene rings is 1. The van der Waals surface area contributed by atoms with Gasteiger partial charge in [-0.15, -0.1) is 0 Å². The molecular weight excluding hydrogens is 212 g/mol. The summed E-state index contributed by atoms with van der Waals surface area (Å²) in [6.45, 7) is 0. The molecule has 1 unspecified atom stereocenters. The largest absolute Gasteiger partial charge is 0.313 e. The van der Waals surface area contributed by atoms with Gasteiger partial charge in [-0.2, -0.15) is 5.26 Å². The number of nitriles is 1. The Morgan fingerprint density at radius 2 is 1.76 bits per heavy atom. The fourth-order valence-corrected chi connectivity index (χ4v) is 1.86. The maximum Gasteiger partial charge on any atom is 0.160 e. The summed E-state index contributed by atoms with van der Waals surface area (Å²) in [7, 11) is 5.49. The summed E-state index contributed by atoms with van der Waals surface area (Å²) >= 11 is 0. The molecule has 1 rings (SSSR count). The lowest BCUT2D eigenvalue weighted by atomic mass is 9.95. The maximum atomic E-state index is 9.27. The number of nitrogens with one attached hydrogen (secondary N) is 3. The molecule has 0 radical (unpaired) electrons. The van der Waals surface area contributed by atoms with Crippen molar-refractivity contribution in [2.24, 2.45) is 0 Å². The van der Waals surface area contributed by atoms with Crippen LogP contribution in [-0.2, 0) is 0 Å². The maximum absolute atomic E-state index is 9.27. The molecule has 0 saturated heterocycles. The predicted octanol–water partition coefficient (Wildman–Crippen LogP) is 0.996. The molecule has 1 aromatic rings. The Balaban J connectivity index is 2.87. The lowest BCUT2D eigenvalue weighted by molar-refractivity contribution is 0.316. The first kappa shape index (κ1) is 13.7. The van der Waals surface area contributed by atoms with Gasteiger partial charge < -0.3 is 5.32 Å². The molecule has 1 atom stereocenters.